The average Bonchev–Trinajstić information content (AvgIpc) is 2.64. The van der Waals surface area contributed by atoms with Crippen LogP contribution in [0.5, 0.6) is 0 Å². The average molecular weight is 246 g/mol. The van der Waals surface area contributed by atoms with Gasteiger partial charge in [-0.05, 0) is 13.8 Å². The number of hydrogen-bond donors (Lipinski definition) is 0. The van der Waals surface area contributed by atoms with Crippen molar-refractivity contribution in [3.05, 3.63) is 10.1 Å². The number of hydrogen-bond acceptors (Lipinski definition) is 4. The Balaban J connectivity index is 0.000000770. The van der Waals surface area contributed by atoms with Crippen LogP contribution in [0.1, 0.15) is 40.5 Å². The molecule has 0 aliphatic carbocycles. The van der Waals surface area contributed by atoms with Crippen molar-refractivity contribution in [1.29, 1.82) is 0 Å². The molecule has 0 aromatic rings. The van der Waals surface area contributed by atoms with Gasteiger partial charge in [-0.3, -0.25) is 0 Å². The first-order valence-corrected chi connectivity index (χ1v) is 6.37. The van der Waals surface area contributed by atoms with E-state index in [1.165, 1.54) is 37.0 Å². The lowest BCUT2D eigenvalue weighted by atomic mass is 10.2. The second kappa shape index (κ2) is 8.42. The second-order valence-corrected chi connectivity index (χ2v) is 5.49. The summed E-state index contributed by atoms with van der Waals surface area (Å²) in [7, 11) is 0. The highest BCUT2D eigenvalue weighted by Gasteiger charge is 2.32. The number of quaternary nitrogens is 1. The monoisotopic (exact) mass is 246 g/mol. The van der Waals surface area contributed by atoms with E-state index in [0.717, 1.165) is 18.0 Å². The number of nitrogens with zero attached hydrogens (tertiary/aromatic N) is 2. The zero-order valence-electron chi connectivity index (χ0n) is 11.5. The quantitative estimate of drug-likeness (QED) is 0.425. The summed E-state index contributed by atoms with van der Waals surface area (Å²) in [5.41, 5.74) is 0. The summed E-state index contributed by atoms with van der Waals surface area (Å²) in [6, 6.07) is 0. The van der Waals surface area contributed by atoms with Crippen LogP contribution in [0.25, 0.3) is 0 Å². The van der Waals surface area contributed by atoms with E-state index >= 15 is 0 Å². The molecule has 0 unspecified atom stereocenters. The molecule has 1 saturated heterocycles. The molecule has 0 N–H and O–H groups in total. The maximum absolute atomic E-state index is 8.00. The van der Waals surface area contributed by atoms with Crippen molar-refractivity contribution in [3.8, 4) is 0 Å². The van der Waals surface area contributed by atoms with Gasteiger partial charge in [0.25, 0.3) is 0 Å². The van der Waals surface area contributed by atoms with E-state index in [1.54, 1.807) is 0 Å². The minimum atomic E-state index is 0.373. The Bertz CT molecular complexity index is 202. The molecule has 0 atom stereocenters. The topological polar surface area (TPSA) is 61.7 Å². The normalized spacial score (nSPS) is 18.0. The van der Waals surface area contributed by atoms with Gasteiger partial charge in [-0.2, -0.15) is 0 Å². The van der Waals surface area contributed by atoms with Crippen molar-refractivity contribution >= 4 is 0 Å². The predicted octanol–water partition coefficient (Wildman–Crippen LogP) is 2.89. The fraction of sp³-hybridized carbons (Fsp3) is 1.00. The molecule has 0 aromatic heterocycles. The Morgan fingerprint density at radius 1 is 1.24 bits per heavy atom. The molecule has 1 rings (SSSR count). The first kappa shape index (κ1) is 16.3. The van der Waals surface area contributed by atoms with Gasteiger partial charge < -0.3 is 19.3 Å². The lowest BCUT2D eigenvalue weighted by Crippen LogP contribution is -2.49. The van der Waals surface area contributed by atoms with E-state index < -0.39 is 0 Å². The molecule has 1 aliphatic heterocycles. The molecule has 0 amide bonds. The number of likely N-dealkylation sites (tertiary alicyclic amines) is 1. The SMILES string of the molecule is CC(C)C[N+]1(COC(C)C)CCCC1.O=N[O-]. The highest BCUT2D eigenvalue weighted by Crippen LogP contribution is 2.21. The van der Waals surface area contributed by atoms with Crippen molar-refractivity contribution in [2.45, 2.75) is 46.6 Å². The summed E-state index contributed by atoms with van der Waals surface area (Å²) in [4.78, 5) is 8.00. The maximum atomic E-state index is 8.00. The summed E-state index contributed by atoms with van der Waals surface area (Å²) < 4.78 is 7.01. The fourth-order valence-corrected chi connectivity index (χ4v) is 2.45. The summed E-state index contributed by atoms with van der Waals surface area (Å²) in [6.45, 7) is 13.7. The van der Waals surface area contributed by atoms with Crippen molar-refractivity contribution in [1.82, 2.24) is 0 Å². The third-order valence-corrected chi connectivity index (χ3v) is 2.95. The van der Waals surface area contributed by atoms with E-state index in [9.17, 15) is 0 Å². The van der Waals surface area contributed by atoms with Crippen LogP contribution in [0.2, 0.25) is 0 Å². The van der Waals surface area contributed by atoms with Gasteiger partial charge in [-0.25, -0.2) is 0 Å². The molecule has 1 fully saturated rings. The minimum Gasteiger partial charge on any atom is -0.444 e. The lowest BCUT2D eigenvalue weighted by Gasteiger charge is -2.35. The smallest absolute Gasteiger partial charge is 0.183 e. The highest BCUT2D eigenvalue weighted by molar-refractivity contribution is 4.55. The zero-order valence-corrected chi connectivity index (χ0v) is 11.5. The van der Waals surface area contributed by atoms with Crippen molar-refractivity contribution in [3.63, 3.8) is 0 Å². The summed E-state index contributed by atoms with van der Waals surface area (Å²) >= 11 is 0. The molecule has 0 saturated carbocycles. The third kappa shape index (κ3) is 7.28. The van der Waals surface area contributed by atoms with Crippen molar-refractivity contribution in [2.24, 2.45) is 11.3 Å². The summed E-state index contributed by atoms with van der Waals surface area (Å²) in [6.07, 6.45) is 3.14. The van der Waals surface area contributed by atoms with Gasteiger partial charge in [0.2, 0.25) is 0 Å². The van der Waals surface area contributed by atoms with Crippen LogP contribution < -0.4 is 0 Å². The Morgan fingerprint density at radius 2 is 1.71 bits per heavy atom. The molecule has 0 aromatic carbocycles. The first-order chi connectivity index (χ1) is 7.95. The Hall–Kier alpha value is -0.680. The fourth-order valence-electron chi connectivity index (χ4n) is 2.45. The van der Waals surface area contributed by atoms with Gasteiger partial charge in [-0.1, -0.05) is 13.8 Å². The molecule has 5 heteroatoms. The van der Waals surface area contributed by atoms with Gasteiger partial charge in [0.1, 0.15) is 0 Å². The number of rotatable bonds is 5. The van der Waals surface area contributed by atoms with Crippen LogP contribution in [0.15, 0.2) is 5.34 Å². The molecule has 5 nitrogen and oxygen atoms in total. The summed E-state index contributed by atoms with van der Waals surface area (Å²) in [5.74, 6) is 0.781. The van der Waals surface area contributed by atoms with Crippen LogP contribution >= 0.6 is 0 Å². The third-order valence-electron chi connectivity index (χ3n) is 2.95. The molecule has 0 radical (unpaired) electrons. The largest absolute Gasteiger partial charge is 0.444 e. The molecule has 1 aliphatic rings. The standard InChI is InChI=1S/C12H26NO.HNO2/c1-11(2)9-13(7-5-6-8-13)10-14-12(3)4;2-1-3/h11-12H,5-10H2,1-4H3;(H,2,3)/q+1;/p-1. The zero-order chi connectivity index (χ0) is 13.3. The van der Waals surface area contributed by atoms with Gasteiger partial charge in [0.05, 0.1) is 25.7 Å². The van der Waals surface area contributed by atoms with Gasteiger partial charge in [0, 0.05) is 18.8 Å². The van der Waals surface area contributed by atoms with Crippen LogP contribution in [-0.2, 0) is 4.74 Å². The second-order valence-electron chi connectivity index (χ2n) is 5.49. The van der Waals surface area contributed by atoms with E-state index in [1.807, 2.05) is 0 Å². The molecule has 0 spiro atoms. The molecule has 0 bridgehead atoms. The van der Waals surface area contributed by atoms with Gasteiger partial charge in [-0.15, -0.1) is 5.34 Å². The molecule has 17 heavy (non-hydrogen) atoms. The van der Waals surface area contributed by atoms with E-state index in [-0.39, 0.29) is 0 Å². The summed E-state index contributed by atoms with van der Waals surface area (Å²) in [5, 5.41) is 9.00. The van der Waals surface area contributed by atoms with Gasteiger partial charge in [0.15, 0.2) is 6.73 Å². The van der Waals surface area contributed by atoms with Crippen molar-refractivity contribution in [2.75, 3.05) is 26.4 Å². The minimum absolute atomic E-state index is 0.373. The Kier molecular flexibility index (Phi) is 8.08. The molecule has 1 heterocycles. The van der Waals surface area contributed by atoms with Gasteiger partial charge >= 0.3 is 0 Å². The van der Waals surface area contributed by atoms with E-state index in [2.05, 4.69) is 27.7 Å². The molecular formula is C12H26N2O3. The van der Waals surface area contributed by atoms with E-state index in [4.69, 9.17) is 14.9 Å². The Morgan fingerprint density at radius 3 is 2.06 bits per heavy atom. The van der Waals surface area contributed by atoms with E-state index in [0.29, 0.717) is 6.10 Å². The van der Waals surface area contributed by atoms with Crippen LogP contribution in [0.3, 0.4) is 0 Å². The molecule has 102 valence electrons. The van der Waals surface area contributed by atoms with Crippen LogP contribution in [0, 0.1) is 16.0 Å². The van der Waals surface area contributed by atoms with Crippen LogP contribution in [0.4, 0.5) is 0 Å². The lowest BCUT2D eigenvalue weighted by molar-refractivity contribution is -0.938. The van der Waals surface area contributed by atoms with Crippen molar-refractivity contribution < 1.29 is 9.22 Å². The maximum Gasteiger partial charge on any atom is 0.183 e. The first-order valence-electron chi connectivity index (χ1n) is 6.37. The number of ether oxygens (including phenoxy) is 1. The Labute approximate surface area is 104 Å². The molecular weight excluding hydrogens is 220 g/mol. The van der Waals surface area contributed by atoms with Crippen LogP contribution in [-0.4, -0.2) is 37.0 Å². The highest BCUT2D eigenvalue weighted by atomic mass is 16.6. The predicted molar refractivity (Wildman–Crippen MR) is 69.2 cm³/mol.